The minimum Gasteiger partial charge on any atom is -0.462 e. The minimum atomic E-state index is -0.653. The second-order valence-corrected chi connectivity index (χ2v) is 9.59. The highest BCUT2D eigenvalue weighted by Crippen LogP contribution is 2.59. The number of fused-ring (bicyclic) bond motifs is 2. The van der Waals surface area contributed by atoms with Gasteiger partial charge >= 0.3 is 5.97 Å². The second-order valence-electron chi connectivity index (χ2n) is 8.45. The van der Waals surface area contributed by atoms with E-state index >= 15 is 0 Å². The van der Waals surface area contributed by atoms with E-state index in [1.165, 1.54) is 11.3 Å². The van der Waals surface area contributed by atoms with Crippen molar-refractivity contribution in [3.8, 4) is 0 Å². The van der Waals surface area contributed by atoms with Crippen LogP contribution in [0, 0.1) is 16.7 Å². The number of carbonyl (C=O) groups is 4. The lowest BCUT2D eigenvalue weighted by Crippen LogP contribution is -2.60. The molecule has 2 atom stereocenters. The quantitative estimate of drug-likeness (QED) is 0.563. The van der Waals surface area contributed by atoms with Crippen LogP contribution in [0.3, 0.4) is 0 Å². The summed E-state index contributed by atoms with van der Waals surface area (Å²) in [7, 11) is 0. The maximum atomic E-state index is 13.1. The van der Waals surface area contributed by atoms with Crippen LogP contribution in [0.1, 0.15) is 62.7 Å². The van der Waals surface area contributed by atoms with Crippen molar-refractivity contribution in [3.63, 3.8) is 0 Å². The van der Waals surface area contributed by atoms with Crippen molar-refractivity contribution in [2.24, 2.45) is 16.7 Å². The molecule has 158 valence electrons. The number of likely N-dealkylation sites (tertiary alicyclic amines) is 1. The third-order valence-electron chi connectivity index (χ3n) is 6.69. The van der Waals surface area contributed by atoms with E-state index in [1.807, 2.05) is 27.7 Å². The maximum Gasteiger partial charge on any atom is 0.341 e. The molecule has 2 aliphatic rings. The van der Waals surface area contributed by atoms with Crippen LogP contribution >= 0.6 is 11.3 Å². The Labute approximate surface area is 174 Å². The van der Waals surface area contributed by atoms with Gasteiger partial charge in [-0.3, -0.25) is 19.3 Å². The van der Waals surface area contributed by atoms with E-state index in [0.29, 0.717) is 29.8 Å². The summed E-state index contributed by atoms with van der Waals surface area (Å²) in [5.41, 5.74) is -0.776. The van der Waals surface area contributed by atoms with Crippen LogP contribution in [-0.2, 0) is 25.5 Å². The van der Waals surface area contributed by atoms with Crippen molar-refractivity contribution >= 4 is 40.0 Å². The smallest absolute Gasteiger partial charge is 0.341 e. The molecule has 8 heteroatoms. The predicted molar refractivity (Wildman–Crippen MR) is 110 cm³/mol. The van der Waals surface area contributed by atoms with Crippen molar-refractivity contribution < 1.29 is 23.9 Å². The van der Waals surface area contributed by atoms with Crippen molar-refractivity contribution in [2.75, 3.05) is 18.5 Å². The van der Waals surface area contributed by atoms with Gasteiger partial charge in [0.25, 0.3) is 0 Å². The number of thiophene rings is 1. The molecule has 3 amide bonds. The Morgan fingerprint density at radius 3 is 2.59 bits per heavy atom. The number of piperidine rings is 1. The van der Waals surface area contributed by atoms with Crippen molar-refractivity contribution in [1.82, 2.24) is 4.90 Å². The summed E-state index contributed by atoms with van der Waals surface area (Å²) in [4.78, 5) is 52.9. The molecular formula is C21H28N2O5S. The maximum absolute atomic E-state index is 13.1. The normalized spacial score (nSPS) is 25.3. The first-order chi connectivity index (χ1) is 13.6. The zero-order chi connectivity index (χ0) is 21.6. The Kier molecular flexibility index (Phi) is 5.60. The number of aryl methyl sites for hydroxylation is 1. The number of amides is 3. The summed E-state index contributed by atoms with van der Waals surface area (Å²) in [6.45, 7) is 9.36. The SMILES string of the molecule is CCOC(=O)c1cc(CC)sc1NC(=O)CN1C(=O)C2CCC(C)(C1=O)C2(C)C. The highest BCUT2D eigenvalue weighted by molar-refractivity contribution is 7.16. The van der Waals surface area contributed by atoms with Gasteiger partial charge in [-0.25, -0.2) is 4.79 Å². The molecule has 2 bridgehead atoms. The topological polar surface area (TPSA) is 92.8 Å². The van der Waals surface area contributed by atoms with Crippen LogP contribution in [0.4, 0.5) is 5.00 Å². The van der Waals surface area contributed by atoms with Crippen molar-refractivity contribution in [2.45, 2.75) is 53.9 Å². The summed E-state index contributed by atoms with van der Waals surface area (Å²) in [6, 6.07) is 1.71. The number of rotatable bonds is 6. The molecule has 0 spiro atoms. The first-order valence-electron chi connectivity index (χ1n) is 10.0. The molecule has 1 saturated heterocycles. The molecule has 2 fully saturated rings. The van der Waals surface area contributed by atoms with Gasteiger partial charge in [-0.05, 0) is 37.7 Å². The van der Waals surface area contributed by atoms with Crippen LogP contribution in [0.5, 0.6) is 0 Å². The van der Waals surface area contributed by atoms with E-state index in [1.54, 1.807) is 13.0 Å². The molecule has 1 saturated carbocycles. The van der Waals surface area contributed by atoms with E-state index in [-0.39, 0.29) is 30.9 Å². The monoisotopic (exact) mass is 420 g/mol. The van der Waals surface area contributed by atoms with Gasteiger partial charge in [-0.1, -0.05) is 27.7 Å². The minimum absolute atomic E-state index is 0.232. The number of imide groups is 1. The average Bonchev–Trinajstić information content (AvgIpc) is 3.14. The highest BCUT2D eigenvalue weighted by Gasteiger charge is 2.64. The van der Waals surface area contributed by atoms with Gasteiger partial charge in [-0.2, -0.15) is 0 Å². The average molecular weight is 421 g/mol. The molecule has 1 aliphatic heterocycles. The van der Waals surface area contributed by atoms with Crippen LogP contribution in [0.15, 0.2) is 6.07 Å². The van der Waals surface area contributed by atoms with E-state index < -0.39 is 22.7 Å². The lowest BCUT2D eigenvalue weighted by molar-refractivity contribution is -0.168. The van der Waals surface area contributed by atoms with Gasteiger partial charge < -0.3 is 10.1 Å². The number of nitrogens with zero attached hydrogens (tertiary/aromatic N) is 1. The van der Waals surface area contributed by atoms with Crippen LogP contribution in [0.25, 0.3) is 0 Å². The lowest BCUT2D eigenvalue weighted by atomic mass is 9.62. The Hall–Kier alpha value is -2.22. The fourth-order valence-electron chi connectivity index (χ4n) is 4.43. The number of hydrogen-bond acceptors (Lipinski definition) is 6. The molecule has 0 aromatic carbocycles. The third-order valence-corrected chi connectivity index (χ3v) is 7.88. The van der Waals surface area contributed by atoms with Crippen molar-refractivity contribution in [3.05, 3.63) is 16.5 Å². The Balaban J connectivity index is 1.78. The summed E-state index contributed by atoms with van der Waals surface area (Å²) in [5.74, 6) is -1.83. The Bertz CT molecular complexity index is 874. The van der Waals surface area contributed by atoms with E-state index in [0.717, 1.165) is 9.78 Å². The summed E-state index contributed by atoms with van der Waals surface area (Å²) in [5, 5.41) is 3.09. The molecule has 0 radical (unpaired) electrons. The first-order valence-corrected chi connectivity index (χ1v) is 10.8. The zero-order valence-electron chi connectivity index (χ0n) is 17.6. The summed E-state index contributed by atoms with van der Waals surface area (Å²) >= 11 is 1.30. The first kappa shape index (κ1) is 21.5. The molecule has 2 unspecified atom stereocenters. The van der Waals surface area contributed by atoms with Gasteiger partial charge in [0.2, 0.25) is 17.7 Å². The molecule has 2 heterocycles. The summed E-state index contributed by atoms with van der Waals surface area (Å²) < 4.78 is 5.06. The molecule has 1 aromatic heterocycles. The number of ether oxygens (including phenoxy) is 1. The van der Waals surface area contributed by atoms with Crippen LogP contribution in [0.2, 0.25) is 0 Å². The van der Waals surface area contributed by atoms with Gasteiger partial charge in [0.15, 0.2) is 0 Å². The van der Waals surface area contributed by atoms with Gasteiger partial charge in [0, 0.05) is 10.8 Å². The van der Waals surface area contributed by atoms with Gasteiger partial charge in [-0.15, -0.1) is 11.3 Å². The van der Waals surface area contributed by atoms with Crippen LogP contribution < -0.4 is 5.32 Å². The third kappa shape index (κ3) is 3.37. The molecular weight excluding hydrogens is 392 g/mol. The zero-order valence-corrected chi connectivity index (χ0v) is 18.4. The van der Waals surface area contributed by atoms with Crippen LogP contribution in [-0.4, -0.2) is 41.7 Å². The molecule has 1 N–H and O–H groups in total. The molecule has 29 heavy (non-hydrogen) atoms. The van der Waals surface area contributed by atoms with E-state index in [2.05, 4.69) is 5.32 Å². The van der Waals surface area contributed by atoms with E-state index in [4.69, 9.17) is 4.74 Å². The van der Waals surface area contributed by atoms with E-state index in [9.17, 15) is 19.2 Å². The molecule has 1 aromatic rings. The highest BCUT2D eigenvalue weighted by atomic mass is 32.1. The van der Waals surface area contributed by atoms with Gasteiger partial charge in [0.05, 0.1) is 17.6 Å². The lowest BCUT2D eigenvalue weighted by Gasteiger charge is -2.47. The molecule has 1 aliphatic carbocycles. The molecule has 7 nitrogen and oxygen atoms in total. The van der Waals surface area contributed by atoms with Crippen molar-refractivity contribution in [1.29, 1.82) is 0 Å². The predicted octanol–water partition coefficient (Wildman–Crippen LogP) is 3.24. The largest absolute Gasteiger partial charge is 0.462 e. The Morgan fingerprint density at radius 2 is 1.97 bits per heavy atom. The standard InChI is InChI=1S/C21H28N2O5S/c1-6-12-10-13(18(26)28-7-2)16(29-12)22-15(24)11-23-17(25)14-8-9-21(5,19(23)27)20(14,3)4/h10,14H,6-9,11H2,1-5H3,(H,22,24). The number of anilines is 1. The second kappa shape index (κ2) is 7.55. The fourth-order valence-corrected chi connectivity index (χ4v) is 5.43. The number of hydrogen-bond donors (Lipinski definition) is 1. The molecule has 3 rings (SSSR count). The number of carbonyl (C=O) groups excluding carboxylic acids is 4. The Morgan fingerprint density at radius 1 is 1.28 bits per heavy atom. The number of nitrogens with one attached hydrogen (secondary N) is 1. The fraction of sp³-hybridized carbons (Fsp3) is 0.619. The number of esters is 1. The summed E-state index contributed by atoms with van der Waals surface area (Å²) in [6.07, 6.45) is 2.01. The van der Waals surface area contributed by atoms with Gasteiger partial charge in [0.1, 0.15) is 11.5 Å².